The monoisotopic (exact) mass is 521 g/mol. The van der Waals surface area contributed by atoms with Gasteiger partial charge < -0.3 is 19.6 Å². The van der Waals surface area contributed by atoms with E-state index in [1.807, 2.05) is 14.0 Å². The number of carbonyl (C=O) groups is 2. The summed E-state index contributed by atoms with van der Waals surface area (Å²) < 4.78 is 19.8. The molecule has 0 saturated heterocycles. The van der Waals surface area contributed by atoms with Gasteiger partial charge in [-0.1, -0.05) is 44.1 Å². The zero-order chi connectivity index (χ0) is 27.2. The lowest BCUT2D eigenvalue weighted by molar-refractivity contribution is -0.136. The topological polar surface area (TPSA) is 83.0 Å². The minimum atomic E-state index is -0.416. The molecule has 2 heterocycles. The first-order chi connectivity index (χ1) is 18.3. The summed E-state index contributed by atoms with van der Waals surface area (Å²) in [6.45, 7) is 4.31. The molecule has 1 N–H and O–H groups in total. The Bertz CT molecular complexity index is 1220. The molecule has 1 aromatic carbocycles. The second-order valence-corrected chi connectivity index (χ2v) is 10.5. The standard InChI is InChI=1S/C30H36FN3O4/c1-20-17-34(21(2)19-35)30(37)26-15-23(13-12-22-8-7-11-25(31)14-22)16-32-28(26)38-27(20)18-33(3)29(36)24-9-5-4-6-10-24/h7-8,11,14-16,20-21,24,27,35H,4-6,9-10,17-19H2,1-3H3/t20-,21-,27-/m1/s1. The average Bonchev–Trinajstić information content (AvgIpc) is 2.93. The van der Waals surface area contributed by atoms with Crippen LogP contribution in [0.4, 0.5) is 4.39 Å². The number of fused-ring (bicyclic) bond motifs is 1. The van der Waals surface area contributed by atoms with Gasteiger partial charge in [-0.15, -0.1) is 0 Å². The Morgan fingerprint density at radius 3 is 2.68 bits per heavy atom. The van der Waals surface area contributed by atoms with Gasteiger partial charge in [0.1, 0.15) is 17.5 Å². The summed E-state index contributed by atoms with van der Waals surface area (Å²) in [6, 6.07) is 7.18. The number of carbonyl (C=O) groups excluding carboxylic acids is 2. The van der Waals surface area contributed by atoms with Crippen molar-refractivity contribution in [3.05, 3.63) is 59.0 Å². The fourth-order valence-corrected chi connectivity index (χ4v) is 5.12. The van der Waals surface area contributed by atoms with Gasteiger partial charge in [0.25, 0.3) is 5.91 Å². The fourth-order valence-electron chi connectivity index (χ4n) is 5.12. The molecule has 1 saturated carbocycles. The molecule has 0 bridgehead atoms. The highest BCUT2D eigenvalue weighted by atomic mass is 19.1. The number of benzene rings is 1. The van der Waals surface area contributed by atoms with E-state index >= 15 is 0 Å². The van der Waals surface area contributed by atoms with Crippen LogP contribution in [0.3, 0.4) is 0 Å². The number of nitrogens with zero attached hydrogens (tertiary/aromatic N) is 3. The highest BCUT2D eigenvalue weighted by molar-refractivity contribution is 5.97. The molecule has 2 amide bonds. The Balaban J connectivity index is 1.62. The van der Waals surface area contributed by atoms with E-state index < -0.39 is 12.1 Å². The summed E-state index contributed by atoms with van der Waals surface area (Å²) in [5, 5.41) is 9.87. The van der Waals surface area contributed by atoms with E-state index in [-0.39, 0.29) is 47.5 Å². The van der Waals surface area contributed by atoms with Crippen LogP contribution in [0, 0.1) is 29.5 Å². The number of rotatable bonds is 5. The molecule has 8 heteroatoms. The van der Waals surface area contributed by atoms with Crippen molar-refractivity contribution in [2.45, 2.75) is 58.1 Å². The number of aromatic nitrogens is 1. The van der Waals surface area contributed by atoms with Crippen molar-refractivity contribution in [1.29, 1.82) is 0 Å². The molecule has 7 nitrogen and oxygen atoms in total. The summed E-state index contributed by atoms with van der Waals surface area (Å²) in [5.41, 5.74) is 1.24. The molecule has 1 fully saturated rings. The highest BCUT2D eigenvalue weighted by Crippen LogP contribution is 2.29. The largest absolute Gasteiger partial charge is 0.472 e. The zero-order valence-corrected chi connectivity index (χ0v) is 22.3. The molecule has 3 atom stereocenters. The van der Waals surface area contributed by atoms with E-state index in [0.29, 0.717) is 24.2 Å². The Morgan fingerprint density at radius 2 is 1.97 bits per heavy atom. The maximum absolute atomic E-state index is 13.6. The molecule has 1 aromatic heterocycles. The quantitative estimate of drug-likeness (QED) is 0.604. The SMILES string of the molecule is C[C@@H]1CN([C@H](C)CO)C(=O)c2cc(C#Cc3cccc(F)c3)cnc2O[C@@H]1CN(C)C(=O)C1CCCCC1. The van der Waals surface area contributed by atoms with Crippen molar-refractivity contribution < 1.29 is 23.8 Å². The molecule has 202 valence electrons. The number of halogens is 1. The number of hydrogen-bond donors (Lipinski definition) is 1. The van der Waals surface area contributed by atoms with Gasteiger partial charge >= 0.3 is 0 Å². The number of amides is 2. The minimum Gasteiger partial charge on any atom is -0.472 e. The molecule has 4 rings (SSSR count). The third-order valence-corrected chi connectivity index (χ3v) is 7.48. The van der Waals surface area contributed by atoms with Gasteiger partial charge in [-0.3, -0.25) is 9.59 Å². The number of likely N-dealkylation sites (N-methyl/N-ethyl adjacent to an activating group) is 1. The molecule has 0 radical (unpaired) electrons. The van der Waals surface area contributed by atoms with Crippen LogP contribution in [0.25, 0.3) is 0 Å². The summed E-state index contributed by atoms with van der Waals surface area (Å²) in [7, 11) is 1.81. The van der Waals surface area contributed by atoms with E-state index in [2.05, 4.69) is 16.8 Å². The van der Waals surface area contributed by atoms with Gasteiger partial charge in [0.05, 0.1) is 19.2 Å². The number of aliphatic hydroxyl groups is 1. The first-order valence-corrected chi connectivity index (χ1v) is 13.4. The molecule has 0 spiro atoms. The molecular formula is C30H36FN3O4. The van der Waals surface area contributed by atoms with E-state index in [4.69, 9.17) is 4.74 Å². The first kappa shape index (κ1) is 27.6. The normalized spacial score (nSPS) is 20.8. The smallest absolute Gasteiger partial charge is 0.259 e. The predicted octanol–water partition coefficient (Wildman–Crippen LogP) is 3.88. The van der Waals surface area contributed by atoms with Crippen LogP contribution in [0.5, 0.6) is 5.88 Å². The number of pyridine rings is 1. The van der Waals surface area contributed by atoms with E-state index in [1.165, 1.54) is 24.8 Å². The number of hydrogen-bond acceptors (Lipinski definition) is 5. The zero-order valence-electron chi connectivity index (χ0n) is 22.3. The maximum Gasteiger partial charge on any atom is 0.259 e. The number of ether oxygens (including phenoxy) is 1. The molecule has 1 aliphatic carbocycles. The lowest BCUT2D eigenvalue weighted by Gasteiger charge is -2.38. The average molecular weight is 522 g/mol. The van der Waals surface area contributed by atoms with Crippen LogP contribution in [-0.4, -0.2) is 70.6 Å². The highest BCUT2D eigenvalue weighted by Gasteiger charge is 2.35. The van der Waals surface area contributed by atoms with Gasteiger partial charge in [0, 0.05) is 42.8 Å². The summed E-state index contributed by atoms with van der Waals surface area (Å²) in [4.78, 5) is 34.5. The van der Waals surface area contributed by atoms with Crippen molar-refractivity contribution >= 4 is 11.8 Å². The lowest BCUT2D eigenvalue weighted by Crippen LogP contribution is -2.51. The van der Waals surface area contributed by atoms with Crippen molar-refractivity contribution in [1.82, 2.24) is 14.8 Å². The van der Waals surface area contributed by atoms with Crippen LogP contribution in [-0.2, 0) is 4.79 Å². The van der Waals surface area contributed by atoms with Gasteiger partial charge in [-0.2, -0.15) is 0 Å². The van der Waals surface area contributed by atoms with Gasteiger partial charge in [-0.25, -0.2) is 9.37 Å². The fraction of sp³-hybridized carbons (Fsp3) is 0.500. The summed E-state index contributed by atoms with van der Waals surface area (Å²) in [5.74, 6) is 5.42. The van der Waals surface area contributed by atoms with Crippen LogP contribution in [0.15, 0.2) is 36.5 Å². The molecule has 0 unspecified atom stereocenters. The third kappa shape index (κ3) is 6.51. The van der Waals surface area contributed by atoms with Crippen LogP contribution in [0.2, 0.25) is 0 Å². The Hall–Kier alpha value is -3.44. The van der Waals surface area contributed by atoms with Gasteiger partial charge in [-0.05, 0) is 44.0 Å². The van der Waals surface area contributed by atoms with Gasteiger partial charge in [0.2, 0.25) is 11.8 Å². The van der Waals surface area contributed by atoms with Crippen LogP contribution in [0.1, 0.15) is 67.4 Å². The van der Waals surface area contributed by atoms with Crippen molar-refractivity contribution in [3.63, 3.8) is 0 Å². The summed E-state index contributed by atoms with van der Waals surface area (Å²) in [6.07, 6.45) is 6.31. The molecular weight excluding hydrogens is 485 g/mol. The second kappa shape index (κ2) is 12.4. The van der Waals surface area contributed by atoms with E-state index in [1.54, 1.807) is 34.9 Å². The van der Waals surface area contributed by atoms with Crippen LogP contribution >= 0.6 is 0 Å². The Labute approximate surface area is 224 Å². The molecule has 1 aliphatic heterocycles. The Kier molecular flexibility index (Phi) is 9.01. The van der Waals surface area contributed by atoms with E-state index in [0.717, 1.165) is 25.7 Å². The van der Waals surface area contributed by atoms with Crippen molar-refractivity contribution in [2.75, 3.05) is 26.7 Å². The van der Waals surface area contributed by atoms with Crippen LogP contribution < -0.4 is 4.74 Å². The molecule has 2 aliphatic rings. The minimum absolute atomic E-state index is 0.0507. The van der Waals surface area contributed by atoms with Crippen molar-refractivity contribution in [2.24, 2.45) is 11.8 Å². The summed E-state index contributed by atoms with van der Waals surface area (Å²) >= 11 is 0. The van der Waals surface area contributed by atoms with E-state index in [9.17, 15) is 19.1 Å². The Morgan fingerprint density at radius 1 is 1.24 bits per heavy atom. The maximum atomic E-state index is 13.6. The first-order valence-electron chi connectivity index (χ1n) is 13.4. The number of aliphatic hydroxyl groups excluding tert-OH is 1. The lowest BCUT2D eigenvalue weighted by atomic mass is 9.88. The molecule has 2 aromatic rings. The molecule has 38 heavy (non-hydrogen) atoms. The predicted molar refractivity (Wildman–Crippen MR) is 142 cm³/mol. The second-order valence-electron chi connectivity index (χ2n) is 10.5. The van der Waals surface area contributed by atoms with Gasteiger partial charge in [0.15, 0.2) is 0 Å². The third-order valence-electron chi connectivity index (χ3n) is 7.48. The van der Waals surface area contributed by atoms with Crippen molar-refractivity contribution in [3.8, 4) is 17.7 Å².